The normalized spacial score (nSPS) is 17.2. The third-order valence-electron chi connectivity index (χ3n) is 2.93. The Morgan fingerprint density at radius 1 is 1.28 bits per heavy atom. The molecule has 1 saturated heterocycles. The minimum Gasteiger partial charge on any atom is -0.378 e. The number of methoxy groups -OCH3 is 1. The highest BCUT2D eigenvalue weighted by atomic mass is 127. The lowest BCUT2D eigenvalue weighted by atomic mass is 10.3. The minimum absolute atomic E-state index is 0.460. The summed E-state index contributed by atoms with van der Waals surface area (Å²) in [5.41, 5.74) is 0.854. The fraction of sp³-hybridized carbons (Fsp3) is 0.636. The molecule has 100 valence electrons. The molecule has 0 atom stereocenters. The second-order valence-electron chi connectivity index (χ2n) is 4.30. The van der Waals surface area contributed by atoms with Gasteiger partial charge in [-0.2, -0.15) is 4.98 Å². The second kappa shape index (κ2) is 6.31. The maximum Gasteiger partial charge on any atom is 0.227 e. The Bertz CT molecular complexity index is 424. The molecule has 1 aliphatic heterocycles. The fourth-order valence-corrected chi connectivity index (χ4v) is 2.41. The molecule has 2 heterocycles. The molecule has 1 aromatic heterocycles. The average molecular weight is 383 g/mol. The van der Waals surface area contributed by atoms with Crippen LogP contribution >= 0.6 is 34.2 Å². The van der Waals surface area contributed by atoms with Gasteiger partial charge in [0.1, 0.15) is 5.15 Å². The molecule has 0 unspecified atom stereocenters. The van der Waals surface area contributed by atoms with Crippen LogP contribution in [0.2, 0.25) is 5.15 Å². The van der Waals surface area contributed by atoms with Crippen LogP contribution in [0.4, 0.5) is 5.95 Å². The van der Waals surface area contributed by atoms with Crippen molar-refractivity contribution in [2.45, 2.75) is 6.61 Å². The van der Waals surface area contributed by atoms with Crippen LogP contribution in [0.25, 0.3) is 0 Å². The number of likely N-dealkylation sites (N-methyl/N-ethyl adjacent to an activating group) is 1. The molecule has 0 amide bonds. The highest BCUT2D eigenvalue weighted by molar-refractivity contribution is 14.1. The minimum atomic E-state index is 0.460. The van der Waals surface area contributed by atoms with Crippen LogP contribution in [0.3, 0.4) is 0 Å². The zero-order valence-corrected chi connectivity index (χ0v) is 13.4. The number of aromatic nitrogens is 2. The van der Waals surface area contributed by atoms with Gasteiger partial charge in [-0.25, -0.2) is 4.98 Å². The van der Waals surface area contributed by atoms with E-state index in [1.54, 1.807) is 7.11 Å². The first-order valence-electron chi connectivity index (χ1n) is 5.76. The number of nitrogens with zero attached hydrogens (tertiary/aromatic N) is 4. The van der Waals surface area contributed by atoms with Crippen LogP contribution < -0.4 is 4.90 Å². The zero-order chi connectivity index (χ0) is 13.1. The van der Waals surface area contributed by atoms with Crippen LogP contribution in [0, 0.1) is 3.57 Å². The molecule has 5 nitrogen and oxygen atoms in total. The van der Waals surface area contributed by atoms with Gasteiger partial charge in [0.15, 0.2) is 0 Å². The van der Waals surface area contributed by atoms with Crippen LogP contribution in [-0.4, -0.2) is 55.2 Å². The number of ether oxygens (including phenoxy) is 1. The van der Waals surface area contributed by atoms with Crippen molar-refractivity contribution in [3.8, 4) is 0 Å². The second-order valence-corrected chi connectivity index (χ2v) is 5.74. The Balaban J connectivity index is 2.22. The molecule has 0 aromatic carbocycles. The van der Waals surface area contributed by atoms with E-state index in [-0.39, 0.29) is 0 Å². The van der Waals surface area contributed by atoms with E-state index in [9.17, 15) is 0 Å². The van der Waals surface area contributed by atoms with Crippen LogP contribution in [-0.2, 0) is 11.3 Å². The number of halogens is 2. The van der Waals surface area contributed by atoms with Gasteiger partial charge in [0, 0.05) is 33.3 Å². The first-order chi connectivity index (χ1) is 8.61. The maximum absolute atomic E-state index is 6.15. The van der Waals surface area contributed by atoms with Gasteiger partial charge in [0.2, 0.25) is 5.95 Å². The van der Waals surface area contributed by atoms with Crippen molar-refractivity contribution in [2.24, 2.45) is 0 Å². The maximum atomic E-state index is 6.15. The van der Waals surface area contributed by atoms with Crippen molar-refractivity contribution < 1.29 is 4.74 Å². The van der Waals surface area contributed by atoms with Gasteiger partial charge < -0.3 is 14.5 Å². The molecule has 1 fully saturated rings. The predicted octanol–water partition coefficient (Wildman–Crippen LogP) is 1.63. The third-order valence-corrected chi connectivity index (χ3v) is 4.66. The van der Waals surface area contributed by atoms with E-state index in [0.717, 1.165) is 35.4 Å². The molecule has 0 spiro atoms. The van der Waals surface area contributed by atoms with E-state index < -0.39 is 0 Å². The fourth-order valence-electron chi connectivity index (χ4n) is 1.83. The Morgan fingerprint density at radius 3 is 2.56 bits per heavy atom. The summed E-state index contributed by atoms with van der Waals surface area (Å²) in [6.45, 7) is 4.36. The molecule has 2 rings (SSSR count). The summed E-state index contributed by atoms with van der Waals surface area (Å²) in [5.74, 6) is 0.709. The molecule has 0 radical (unpaired) electrons. The van der Waals surface area contributed by atoms with Gasteiger partial charge in [-0.1, -0.05) is 11.6 Å². The lowest BCUT2D eigenvalue weighted by Crippen LogP contribution is -2.45. The summed E-state index contributed by atoms with van der Waals surface area (Å²) in [6, 6.07) is 0. The standard InChI is InChI=1S/C11H16ClIN4O/c1-16-3-5-17(6-4-16)11-14-8(7-18-2)9(13)10(12)15-11/h3-7H2,1-2H3. The van der Waals surface area contributed by atoms with Gasteiger partial charge in [0.05, 0.1) is 15.9 Å². The van der Waals surface area contributed by atoms with Gasteiger partial charge in [-0.05, 0) is 29.6 Å². The van der Waals surface area contributed by atoms with Crippen LogP contribution in [0.5, 0.6) is 0 Å². The number of anilines is 1. The third kappa shape index (κ3) is 3.23. The van der Waals surface area contributed by atoms with Gasteiger partial charge >= 0.3 is 0 Å². The monoisotopic (exact) mass is 382 g/mol. The molecular formula is C11H16ClIN4O. The first-order valence-corrected chi connectivity index (χ1v) is 7.22. The van der Waals surface area contributed by atoms with Crippen molar-refractivity contribution in [1.82, 2.24) is 14.9 Å². The lowest BCUT2D eigenvalue weighted by molar-refractivity contribution is 0.180. The Labute approximate surface area is 126 Å². The van der Waals surface area contributed by atoms with Crippen molar-refractivity contribution in [2.75, 3.05) is 45.2 Å². The summed E-state index contributed by atoms with van der Waals surface area (Å²) in [5, 5.41) is 0.506. The summed E-state index contributed by atoms with van der Waals surface area (Å²) in [6.07, 6.45) is 0. The number of rotatable bonds is 3. The van der Waals surface area contributed by atoms with E-state index in [1.807, 2.05) is 0 Å². The van der Waals surface area contributed by atoms with E-state index in [0.29, 0.717) is 17.7 Å². The van der Waals surface area contributed by atoms with Gasteiger partial charge in [0.25, 0.3) is 0 Å². The van der Waals surface area contributed by atoms with Gasteiger partial charge in [-0.15, -0.1) is 0 Å². The molecule has 1 aliphatic rings. The smallest absolute Gasteiger partial charge is 0.227 e. The predicted molar refractivity (Wildman–Crippen MR) is 80.2 cm³/mol. The van der Waals surface area contributed by atoms with E-state index in [1.165, 1.54) is 0 Å². The summed E-state index contributed by atoms with van der Waals surface area (Å²) >= 11 is 8.31. The number of hydrogen-bond acceptors (Lipinski definition) is 5. The number of piperazine rings is 1. The van der Waals surface area contributed by atoms with Crippen LogP contribution in [0.15, 0.2) is 0 Å². The molecular weight excluding hydrogens is 367 g/mol. The highest BCUT2D eigenvalue weighted by Crippen LogP contribution is 2.23. The molecule has 0 bridgehead atoms. The molecule has 18 heavy (non-hydrogen) atoms. The van der Waals surface area contributed by atoms with Crippen LogP contribution in [0.1, 0.15) is 5.69 Å². The Morgan fingerprint density at radius 2 is 1.94 bits per heavy atom. The molecule has 1 aromatic rings. The highest BCUT2D eigenvalue weighted by Gasteiger charge is 2.19. The van der Waals surface area contributed by atoms with Crippen molar-refractivity contribution >= 4 is 40.1 Å². The van der Waals surface area contributed by atoms with Crippen molar-refractivity contribution in [3.63, 3.8) is 0 Å². The molecule has 0 saturated carbocycles. The summed E-state index contributed by atoms with van der Waals surface area (Å²) in [7, 11) is 3.77. The van der Waals surface area contributed by atoms with Gasteiger partial charge in [-0.3, -0.25) is 0 Å². The topological polar surface area (TPSA) is 41.5 Å². The van der Waals surface area contributed by atoms with Crippen molar-refractivity contribution in [3.05, 3.63) is 14.4 Å². The van der Waals surface area contributed by atoms with Crippen molar-refractivity contribution in [1.29, 1.82) is 0 Å². The van der Waals surface area contributed by atoms with E-state index >= 15 is 0 Å². The summed E-state index contributed by atoms with van der Waals surface area (Å²) < 4.78 is 6.01. The molecule has 0 N–H and O–H groups in total. The lowest BCUT2D eigenvalue weighted by Gasteiger charge is -2.32. The Kier molecular flexibility index (Phi) is 4.99. The quantitative estimate of drug-likeness (QED) is 0.587. The number of hydrogen-bond donors (Lipinski definition) is 0. The summed E-state index contributed by atoms with van der Waals surface area (Å²) in [4.78, 5) is 13.4. The Hall–Kier alpha value is -0.180. The largest absolute Gasteiger partial charge is 0.378 e. The zero-order valence-electron chi connectivity index (χ0n) is 10.5. The first kappa shape index (κ1) is 14.2. The average Bonchev–Trinajstić information content (AvgIpc) is 2.36. The van der Waals surface area contributed by atoms with E-state index in [2.05, 4.69) is 49.4 Å². The van der Waals surface area contributed by atoms with E-state index in [4.69, 9.17) is 16.3 Å². The SMILES string of the molecule is COCc1nc(N2CCN(C)CC2)nc(Cl)c1I. The molecule has 7 heteroatoms. The molecule has 0 aliphatic carbocycles.